The number of nitrogen functional groups attached to an aromatic ring is 1. The highest BCUT2D eigenvalue weighted by molar-refractivity contribution is 7.99. The van der Waals surface area contributed by atoms with Crippen LogP contribution in [0.2, 0.25) is 0 Å². The molecule has 0 saturated carbocycles. The van der Waals surface area contributed by atoms with Crippen molar-refractivity contribution in [2.75, 3.05) is 5.43 Å². The monoisotopic (exact) mass is 299 g/mol. The minimum atomic E-state index is -1.05. The molecule has 0 fully saturated rings. The number of nitrogens with one attached hydrogen (secondary N) is 1. The highest BCUT2D eigenvalue weighted by Crippen LogP contribution is 2.33. The standard InChI is InChI=1S/C10H7F2N5O2S/c11-6-2-1-5(3-7(6)12)20-9-8(17(18)19)4-14-10(15-9)16-13/h1-4H,13H2,(H,14,15,16). The van der Waals surface area contributed by atoms with Crippen molar-refractivity contribution in [3.8, 4) is 0 Å². The summed E-state index contributed by atoms with van der Waals surface area (Å²) in [5, 5.41) is 10.8. The van der Waals surface area contributed by atoms with Gasteiger partial charge in [0.15, 0.2) is 16.7 Å². The number of anilines is 1. The summed E-state index contributed by atoms with van der Waals surface area (Å²) in [5.74, 6) is 3.04. The molecule has 0 aliphatic carbocycles. The molecule has 0 atom stereocenters. The van der Waals surface area contributed by atoms with Gasteiger partial charge < -0.3 is 0 Å². The number of hydrogen-bond acceptors (Lipinski definition) is 7. The van der Waals surface area contributed by atoms with Crippen LogP contribution in [-0.2, 0) is 0 Å². The third-order valence-electron chi connectivity index (χ3n) is 2.17. The van der Waals surface area contributed by atoms with E-state index in [2.05, 4.69) is 15.4 Å². The van der Waals surface area contributed by atoms with Crippen molar-refractivity contribution in [1.29, 1.82) is 0 Å². The Morgan fingerprint density at radius 2 is 2.10 bits per heavy atom. The van der Waals surface area contributed by atoms with E-state index in [1.54, 1.807) is 0 Å². The fourth-order valence-electron chi connectivity index (χ4n) is 1.28. The van der Waals surface area contributed by atoms with Gasteiger partial charge in [-0.05, 0) is 18.2 Å². The molecule has 2 aromatic rings. The second kappa shape index (κ2) is 5.75. The zero-order valence-electron chi connectivity index (χ0n) is 9.71. The Morgan fingerprint density at radius 3 is 2.70 bits per heavy atom. The molecule has 0 amide bonds. The molecule has 1 aromatic heterocycles. The number of nitro groups is 1. The number of hydrogen-bond donors (Lipinski definition) is 2. The number of rotatable bonds is 4. The van der Waals surface area contributed by atoms with E-state index < -0.39 is 16.6 Å². The molecular weight excluding hydrogens is 292 g/mol. The van der Waals surface area contributed by atoms with Gasteiger partial charge in [-0.2, -0.15) is 4.98 Å². The summed E-state index contributed by atoms with van der Waals surface area (Å²) in [6.07, 6.45) is 0.977. The molecule has 0 radical (unpaired) electrons. The van der Waals surface area contributed by atoms with Gasteiger partial charge in [0.05, 0.1) is 4.92 Å². The lowest BCUT2D eigenvalue weighted by Gasteiger charge is -2.04. The van der Waals surface area contributed by atoms with E-state index in [0.29, 0.717) is 0 Å². The predicted octanol–water partition coefficient (Wildman–Crippen LogP) is 2.10. The van der Waals surface area contributed by atoms with Gasteiger partial charge in [0, 0.05) is 4.90 Å². The van der Waals surface area contributed by atoms with Crippen molar-refractivity contribution < 1.29 is 13.7 Å². The third kappa shape index (κ3) is 2.97. The minimum Gasteiger partial charge on any atom is -0.292 e. The van der Waals surface area contributed by atoms with E-state index in [4.69, 9.17) is 5.84 Å². The topological polar surface area (TPSA) is 107 Å². The summed E-state index contributed by atoms with van der Waals surface area (Å²) in [4.78, 5) is 17.9. The number of aromatic nitrogens is 2. The Bertz CT molecular complexity index is 670. The van der Waals surface area contributed by atoms with Crippen LogP contribution in [0.15, 0.2) is 34.3 Å². The smallest absolute Gasteiger partial charge is 0.292 e. The molecule has 0 bridgehead atoms. The first-order chi connectivity index (χ1) is 9.51. The molecule has 0 aliphatic rings. The van der Waals surface area contributed by atoms with Crippen LogP contribution in [0.25, 0.3) is 0 Å². The molecule has 2 rings (SSSR count). The van der Waals surface area contributed by atoms with Crippen LogP contribution in [0, 0.1) is 21.7 Å². The molecule has 104 valence electrons. The molecule has 0 unspecified atom stereocenters. The molecule has 7 nitrogen and oxygen atoms in total. The molecule has 1 heterocycles. The van der Waals surface area contributed by atoms with Gasteiger partial charge in [0.25, 0.3) is 0 Å². The van der Waals surface area contributed by atoms with Crippen LogP contribution in [-0.4, -0.2) is 14.9 Å². The van der Waals surface area contributed by atoms with Gasteiger partial charge in [-0.15, -0.1) is 0 Å². The molecule has 3 N–H and O–H groups in total. The van der Waals surface area contributed by atoms with Crippen LogP contribution in [0.1, 0.15) is 0 Å². The Labute approximate surface area is 115 Å². The van der Waals surface area contributed by atoms with Crippen LogP contribution in [0.5, 0.6) is 0 Å². The normalized spacial score (nSPS) is 10.3. The Balaban J connectivity index is 2.40. The van der Waals surface area contributed by atoms with Crippen LogP contribution in [0.3, 0.4) is 0 Å². The van der Waals surface area contributed by atoms with Crippen molar-refractivity contribution in [1.82, 2.24) is 9.97 Å². The average molecular weight is 299 g/mol. The number of hydrazine groups is 1. The summed E-state index contributed by atoms with van der Waals surface area (Å²) < 4.78 is 25.9. The fourth-order valence-corrected chi connectivity index (χ4v) is 2.17. The second-order valence-electron chi connectivity index (χ2n) is 3.46. The number of halogens is 2. The summed E-state index contributed by atoms with van der Waals surface area (Å²) in [7, 11) is 0. The minimum absolute atomic E-state index is 0.0271. The number of nitrogens with zero attached hydrogens (tertiary/aromatic N) is 3. The molecule has 20 heavy (non-hydrogen) atoms. The lowest BCUT2D eigenvalue weighted by Crippen LogP contribution is -2.11. The van der Waals surface area contributed by atoms with Gasteiger partial charge in [-0.3, -0.25) is 15.5 Å². The Kier molecular flexibility index (Phi) is 4.05. The van der Waals surface area contributed by atoms with Crippen LogP contribution < -0.4 is 11.3 Å². The highest BCUT2D eigenvalue weighted by Gasteiger charge is 2.19. The largest absolute Gasteiger partial charge is 0.320 e. The molecule has 0 saturated heterocycles. The van der Waals surface area contributed by atoms with Crippen molar-refractivity contribution in [2.24, 2.45) is 5.84 Å². The van der Waals surface area contributed by atoms with Gasteiger partial charge in [0.2, 0.25) is 5.95 Å². The maximum Gasteiger partial charge on any atom is 0.320 e. The Hall–Kier alpha value is -2.33. The molecule has 1 aromatic carbocycles. The molecule has 0 aliphatic heterocycles. The lowest BCUT2D eigenvalue weighted by molar-refractivity contribution is -0.388. The van der Waals surface area contributed by atoms with Crippen LogP contribution in [0.4, 0.5) is 20.4 Å². The van der Waals surface area contributed by atoms with Crippen LogP contribution >= 0.6 is 11.8 Å². The van der Waals surface area contributed by atoms with Gasteiger partial charge in [-0.1, -0.05) is 11.8 Å². The highest BCUT2D eigenvalue weighted by atomic mass is 32.2. The zero-order valence-corrected chi connectivity index (χ0v) is 10.5. The second-order valence-corrected chi connectivity index (χ2v) is 4.53. The van der Waals surface area contributed by atoms with E-state index in [0.717, 1.165) is 30.1 Å². The van der Waals surface area contributed by atoms with E-state index in [1.165, 1.54) is 6.07 Å². The van der Waals surface area contributed by atoms with Crippen molar-refractivity contribution >= 4 is 23.4 Å². The lowest BCUT2D eigenvalue weighted by atomic mass is 10.3. The predicted molar refractivity (Wildman–Crippen MR) is 67.0 cm³/mol. The SMILES string of the molecule is NNc1ncc([N+](=O)[O-])c(Sc2ccc(F)c(F)c2)n1. The summed E-state index contributed by atoms with van der Waals surface area (Å²) in [5.41, 5.74) is 1.79. The first kappa shape index (κ1) is 14.1. The summed E-state index contributed by atoms with van der Waals surface area (Å²) in [6, 6.07) is 3.12. The molecule has 0 spiro atoms. The quantitative estimate of drug-likeness (QED) is 0.385. The maximum absolute atomic E-state index is 13.1. The van der Waals surface area contributed by atoms with Gasteiger partial charge >= 0.3 is 5.69 Å². The van der Waals surface area contributed by atoms with Gasteiger partial charge in [-0.25, -0.2) is 19.6 Å². The first-order valence-electron chi connectivity index (χ1n) is 5.12. The fraction of sp³-hybridized carbons (Fsp3) is 0. The van der Waals surface area contributed by atoms with Crippen molar-refractivity contribution in [3.05, 3.63) is 46.1 Å². The van der Waals surface area contributed by atoms with Gasteiger partial charge in [0.1, 0.15) is 6.20 Å². The van der Waals surface area contributed by atoms with E-state index in [9.17, 15) is 18.9 Å². The Morgan fingerprint density at radius 1 is 1.35 bits per heavy atom. The summed E-state index contributed by atoms with van der Waals surface area (Å²) in [6.45, 7) is 0. The van der Waals surface area contributed by atoms with E-state index in [1.807, 2.05) is 0 Å². The maximum atomic E-state index is 13.1. The van der Waals surface area contributed by atoms with Crippen molar-refractivity contribution in [3.63, 3.8) is 0 Å². The van der Waals surface area contributed by atoms with E-state index in [-0.39, 0.29) is 21.6 Å². The average Bonchev–Trinajstić information content (AvgIpc) is 2.42. The molecule has 10 heteroatoms. The first-order valence-corrected chi connectivity index (χ1v) is 5.94. The summed E-state index contributed by atoms with van der Waals surface area (Å²) >= 11 is 0.800. The number of benzene rings is 1. The zero-order chi connectivity index (χ0) is 14.7. The van der Waals surface area contributed by atoms with Crippen molar-refractivity contribution in [2.45, 2.75) is 9.92 Å². The third-order valence-corrected chi connectivity index (χ3v) is 3.15. The van der Waals surface area contributed by atoms with E-state index >= 15 is 0 Å². The number of nitrogens with two attached hydrogens (primary N) is 1. The molecular formula is C10H7F2N5O2S.